The summed E-state index contributed by atoms with van der Waals surface area (Å²) >= 11 is 0. The van der Waals surface area contributed by atoms with Gasteiger partial charge in [0, 0.05) is 26.3 Å². The third-order valence-corrected chi connectivity index (χ3v) is 5.84. The number of nitrogens with zero attached hydrogens (tertiary/aromatic N) is 1. The zero-order chi connectivity index (χ0) is 16.3. The predicted octanol–water partition coefficient (Wildman–Crippen LogP) is 4.96. The maximum absolute atomic E-state index is 5.45. The molecule has 0 amide bonds. The zero-order valence-electron chi connectivity index (χ0n) is 14.4. The molecule has 3 aromatic rings. The van der Waals surface area contributed by atoms with Gasteiger partial charge in [0.05, 0.1) is 25.7 Å². The van der Waals surface area contributed by atoms with Crippen molar-refractivity contribution in [2.45, 2.75) is 37.5 Å². The van der Waals surface area contributed by atoms with Crippen LogP contribution in [0, 0.1) is 6.07 Å². The molecule has 1 fully saturated rings. The van der Waals surface area contributed by atoms with Crippen LogP contribution in [0.25, 0.3) is 21.7 Å². The molecular formula is C21H20IrNO2-. The van der Waals surface area contributed by atoms with Gasteiger partial charge in [0.15, 0.2) is 0 Å². The summed E-state index contributed by atoms with van der Waals surface area (Å²) in [6.45, 7) is 0. The minimum atomic E-state index is 0. The third-order valence-electron chi connectivity index (χ3n) is 5.84. The van der Waals surface area contributed by atoms with E-state index in [1.54, 1.807) is 19.8 Å². The first-order chi connectivity index (χ1) is 11.8. The molecule has 0 N–H and O–H groups in total. The van der Waals surface area contributed by atoms with Crippen LogP contribution in [0.5, 0.6) is 11.5 Å². The van der Waals surface area contributed by atoms with Crippen molar-refractivity contribution < 1.29 is 29.6 Å². The molecule has 0 aliphatic heterocycles. The van der Waals surface area contributed by atoms with Crippen molar-refractivity contribution in [3.63, 3.8) is 0 Å². The molecule has 2 atom stereocenters. The van der Waals surface area contributed by atoms with E-state index in [-0.39, 0.29) is 20.1 Å². The molecule has 131 valence electrons. The first kappa shape index (κ1) is 16.8. The van der Waals surface area contributed by atoms with Gasteiger partial charge in [0.25, 0.3) is 0 Å². The number of fused-ring (bicyclic) bond motifs is 9. The van der Waals surface area contributed by atoms with Gasteiger partial charge in [-0.1, -0.05) is 30.7 Å². The predicted molar refractivity (Wildman–Crippen MR) is 95.1 cm³/mol. The number of hydrogen-bond donors (Lipinski definition) is 0. The van der Waals surface area contributed by atoms with E-state index in [0.29, 0.717) is 17.4 Å². The van der Waals surface area contributed by atoms with Gasteiger partial charge in [0.2, 0.25) is 0 Å². The van der Waals surface area contributed by atoms with Gasteiger partial charge in [-0.2, -0.15) is 0 Å². The second kappa shape index (κ2) is 6.26. The summed E-state index contributed by atoms with van der Waals surface area (Å²) in [4.78, 5) is 4.84. The van der Waals surface area contributed by atoms with Gasteiger partial charge in [-0.25, -0.2) is 0 Å². The quantitative estimate of drug-likeness (QED) is 0.361. The second-order valence-electron chi connectivity index (χ2n) is 6.98. The van der Waals surface area contributed by atoms with Gasteiger partial charge in [-0.15, -0.1) is 10.8 Å². The van der Waals surface area contributed by atoms with E-state index in [0.717, 1.165) is 22.2 Å². The average molecular weight is 511 g/mol. The van der Waals surface area contributed by atoms with Gasteiger partial charge in [-0.3, -0.25) is 0 Å². The van der Waals surface area contributed by atoms with Crippen molar-refractivity contribution in [3.05, 3.63) is 41.6 Å². The molecule has 0 saturated heterocycles. The van der Waals surface area contributed by atoms with Crippen LogP contribution < -0.4 is 9.47 Å². The van der Waals surface area contributed by atoms with Crippen LogP contribution in [-0.2, 0) is 20.1 Å². The van der Waals surface area contributed by atoms with Gasteiger partial charge < -0.3 is 14.5 Å². The molecule has 4 heteroatoms. The summed E-state index contributed by atoms with van der Waals surface area (Å²) < 4.78 is 10.9. The molecule has 2 aliphatic rings. The van der Waals surface area contributed by atoms with Crippen LogP contribution in [0.15, 0.2) is 24.4 Å². The Morgan fingerprint density at radius 1 is 1.12 bits per heavy atom. The van der Waals surface area contributed by atoms with Gasteiger partial charge >= 0.3 is 0 Å². The Bertz CT molecular complexity index is 969. The normalized spacial score (nSPS) is 21.0. The smallest absolute Gasteiger partial charge is 0.0776 e. The van der Waals surface area contributed by atoms with E-state index in [2.05, 4.69) is 24.4 Å². The Kier molecular flexibility index (Phi) is 4.21. The van der Waals surface area contributed by atoms with Crippen LogP contribution >= 0.6 is 0 Å². The fraction of sp³-hybridized carbons (Fsp3) is 0.381. The zero-order valence-corrected chi connectivity index (χ0v) is 16.8. The van der Waals surface area contributed by atoms with Crippen molar-refractivity contribution in [3.8, 4) is 11.5 Å². The molecule has 0 spiro atoms. The summed E-state index contributed by atoms with van der Waals surface area (Å²) in [5, 5.41) is 3.42. The van der Waals surface area contributed by atoms with Gasteiger partial charge in [-0.05, 0) is 53.1 Å². The first-order valence-electron chi connectivity index (χ1n) is 8.69. The van der Waals surface area contributed by atoms with Crippen molar-refractivity contribution in [1.82, 2.24) is 4.98 Å². The van der Waals surface area contributed by atoms with Crippen LogP contribution in [0.4, 0.5) is 0 Å². The Balaban J connectivity index is 0.00000157. The van der Waals surface area contributed by atoms with Crippen molar-refractivity contribution in [2.75, 3.05) is 14.2 Å². The molecule has 2 aromatic carbocycles. The number of aromatic nitrogens is 1. The fourth-order valence-electron chi connectivity index (χ4n) is 4.77. The van der Waals surface area contributed by atoms with Crippen LogP contribution in [-0.4, -0.2) is 19.2 Å². The Morgan fingerprint density at radius 2 is 1.96 bits per heavy atom. The van der Waals surface area contributed by atoms with E-state index in [4.69, 9.17) is 14.5 Å². The maximum atomic E-state index is 5.45. The monoisotopic (exact) mass is 511 g/mol. The Morgan fingerprint density at radius 3 is 2.76 bits per heavy atom. The molecule has 2 aliphatic carbocycles. The van der Waals surface area contributed by atoms with Crippen LogP contribution in [0.3, 0.4) is 0 Å². The molecule has 5 rings (SSSR count). The standard InChI is InChI=1S/C21H20NO2.Ir/c1-23-18-9-13-6-7-15-20-14-5-3-4-12(8-14)17(20)11-22-21(15)16(13)10-19(18)24-2;/h6-7,9,11-12,14H,3-5,8H2,1-2H3;/q-1;. The molecular weight excluding hydrogens is 490 g/mol. The van der Waals surface area contributed by atoms with Crippen LogP contribution in [0.2, 0.25) is 0 Å². The van der Waals surface area contributed by atoms with E-state index >= 15 is 0 Å². The summed E-state index contributed by atoms with van der Waals surface area (Å²) in [5.74, 6) is 2.78. The summed E-state index contributed by atoms with van der Waals surface area (Å²) in [7, 11) is 3.31. The van der Waals surface area contributed by atoms with Crippen molar-refractivity contribution >= 4 is 21.7 Å². The summed E-state index contributed by atoms with van der Waals surface area (Å²) in [6, 6.07) is 9.80. The topological polar surface area (TPSA) is 31.4 Å². The first-order valence-corrected chi connectivity index (χ1v) is 8.69. The number of benzene rings is 2. The van der Waals surface area contributed by atoms with Crippen molar-refractivity contribution in [1.29, 1.82) is 0 Å². The number of pyridine rings is 1. The molecule has 25 heavy (non-hydrogen) atoms. The van der Waals surface area contributed by atoms with Crippen molar-refractivity contribution in [2.24, 2.45) is 0 Å². The maximum Gasteiger partial charge on any atom is 0.0776 e. The number of methoxy groups -OCH3 is 2. The molecule has 2 bridgehead atoms. The van der Waals surface area contributed by atoms with E-state index in [1.807, 2.05) is 6.07 Å². The molecule has 1 heterocycles. The van der Waals surface area contributed by atoms with E-state index in [1.165, 1.54) is 36.6 Å². The second-order valence-corrected chi connectivity index (χ2v) is 6.98. The summed E-state index contributed by atoms with van der Waals surface area (Å²) in [6.07, 6.45) is 7.41. The minimum Gasteiger partial charge on any atom is -0.536 e. The third kappa shape index (κ3) is 2.38. The number of hydrogen-bond acceptors (Lipinski definition) is 3. The molecule has 1 aromatic heterocycles. The summed E-state index contributed by atoms with van der Waals surface area (Å²) in [5.41, 5.74) is 4.08. The number of rotatable bonds is 2. The fourth-order valence-corrected chi connectivity index (χ4v) is 4.77. The largest absolute Gasteiger partial charge is 0.536 e. The van der Waals surface area contributed by atoms with Gasteiger partial charge in [0.1, 0.15) is 0 Å². The molecule has 3 nitrogen and oxygen atoms in total. The van der Waals surface area contributed by atoms with E-state index < -0.39 is 0 Å². The Hall–Kier alpha value is -1.64. The molecule has 1 saturated carbocycles. The molecule has 2 unspecified atom stereocenters. The van der Waals surface area contributed by atoms with E-state index in [9.17, 15) is 0 Å². The Labute approximate surface area is 161 Å². The van der Waals surface area contributed by atoms with Crippen LogP contribution in [0.1, 0.15) is 48.6 Å². The minimum absolute atomic E-state index is 0. The molecule has 1 radical (unpaired) electrons. The average Bonchev–Trinajstić information content (AvgIpc) is 2.90. The SMILES string of the molecule is COc1[c-]c2c(ccc3c4c(cnc32)C2CCCC4C2)cc1OC.[Ir]. The number of ether oxygens (including phenoxy) is 2.